The Morgan fingerprint density at radius 1 is 1.70 bits per heavy atom. The molecule has 2 nitrogen and oxygen atoms in total. The molecule has 0 fully saturated rings. The van der Waals surface area contributed by atoms with Crippen molar-refractivity contribution < 1.29 is 8.98 Å². The molecule has 0 spiro atoms. The Hall–Kier alpha value is -0.180. The Morgan fingerprint density at radius 2 is 2.30 bits per heavy atom. The van der Waals surface area contributed by atoms with Gasteiger partial charge in [-0.25, -0.2) is 0 Å². The van der Waals surface area contributed by atoms with Gasteiger partial charge in [-0.05, 0) is 6.42 Å². The van der Waals surface area contributed by atoms with Gasteiger partial charge in [0, 0.05) is 12.9 Å². The van der Waals surface area contributed by atoms with Crippen LogP contribution < -0.4 is 0 Å². The van der Waals surface area contributed by atoms with Crippen molar-refractivity contribution in [3.8, 4) is 0 Å². The second-order valence-electron chi connectivity index (χ2n) is 2.45. The van der Waals surface area contributed by atoms with Gasteiger partial charge in [-0.15, -0.1) is 0 Å². The third kappa shape index (κ3) is 3.77. The van der Waals surface area contributed by atoms with E-state index < -0.39 is 0 Å². The highest BCUT2D eigenvalue weighted by Crippen LogP contribution is 2.09. The Kier molecular flexibility index (Phi) is 5.49. The van der Waals surface area contributed by atoms with Crippen LogP contribution in [0.4, 0.5) is 0 Å². The molecule has 3 heteroatoms. The summed E-state index contributed by atoms with van der Waals surface area (Å²) in [5.41, 5.74) is 0. The zero-order valence-electron chi connectivity index (χ0n) is 6.46. The van der Waals surface area contributed by atoms with Gasteiger partial charge in [0.2, 0.25) is 0 Å². The number of carbonyl (C=O) groups is 1. The van der Waals surface area contributed by atoms with Crippen LogP contribution in [0.2, 0.25) is 0 Å². The van der Waals surface area contributed by atoms with Crippen LogP contribution in [-0.4, -0.2) is 5.97 Å². The van der Waals surface area contributed by atoms with Gasteiger partial charge in [0.15, 0.2) is 0 Å². The van der Waals surface area contributed by atoms with Crippen LogP contribution in [0.1, 0.15) is 33.1 Å². The highest BCUT2D eigenvalue weighted by molar-refractivity contribution is 7.75. The highest BCUT2D eigenvalue weighted by atomic mass is 32.1. The quantitative estimate of drug-likeness (QED) is 0.506. The third-order valence-electron chi connectivity index (χ3n) is 1.48. The molecule has 0 aromatic carbocycles. The first-order valence-corrected chi connectivity index (χ1v) is 3.94. The van der Waals surface area contributed by atoms with Gasteiger partial charge in [0.05, 0.1) is 5.92 Å². The van der Waals surface area contributed by atoms with Crippen molar-refractivity contribution >= 4 is 18.9 Å². The molecule has 0 saturated heterocycles. The fraction of sp³-hybridized carbons (Fsp3) is 0.857. The van der Waals surface area contributed by atoms with Gasteiger partial charge in [0.1, 0.15) is 0 Å². The lowest BCUT2D eigenvalue weighted by molar-refractivity contribution is -0.137. The fourth-order valence-electron chi connectivity index (χ4n) is 0.718. The largest absolute Gasteiger partial charge is 0.394 e. The van der Waals surface area contributed by atoms with E-state index in [1.807, 2.05) is 6.92 Å². The molecule has 0 heterocycles. The molecule has 0 saturated carbocycles. The van der Waals surface area contributed by atoms with Crippen molar-refractivity contribution in [3.63, 3.8) is 0 Å². The minimum absolute atomic E-state index is 0.00236. The summed E-state index contributed by atoms with van der Waals surface area (Å²) in [6.07, 6.45) is 3.09. The maximum absolute atomic E-state index is 10.7. The van der Waals surface area contributed by atoms with E-state index in [0.29, 0.717) is 0 Å². The zero-order chi connectivity index (χ0) is 7.98. The summed E-state index contributed by atoms with van der Waals surface area (Å²) in [6, 6.07) is 0. The summed E-state index contributed by atoms with van der Waals surface area (Å²) in [6.45, 7) is 3.95. The summed E-state index contributed by atoms with van der Waals surface area (Å²) in [5, 5.41) is 0. The predicted molar refractivity (Wildman–Crippen MR) is 43.8 cm³/mol. The molecule has 0 bridgehead atoms. The van der Waals surface area contributed by atoms with Crippen molar-refractivity contribution in [3.05, 3.63) is 0 Å². The summed E-state index contributed by atoms with van der Waals surface area (Å²) in [5.74, 6) is -0.228. The molecule has 10 heavy (non-hydrogen) atoms. The van der Waals surface area contributed by atoms with E-state index in [9.17, 15) is 4.79 Å². The predicted octanol–water partition coefficient (Wildman–Crippen LogP) is 2.20. The molecule has 0 N–H and O–H groups in total. The van der Waals surface area contributed by atoms with Crippen molar-refractivity contribution in [2.75, 3.05) is 0 Å². The first kappa shape index (κ1) is 9.82. The maximum atomic E-state index is 10.7. The van der Waals surface area contributed by atoms with Gasteiger partial charge in [-0.1, -0.05) is 26.7 Å². The van der Waals surface area contributed by atoms with E-state index in [1.165, 1.54) is 0 Å². The van der Waals surface area contributed by atoms with Crippen molar-refractivity contribution in [1.29, 1.82) is 0 Å². The standard InChI is InChI=1S/C7H14O2S/c1-3-4-5-6(2)7(8)9-10/h6,10H,3-5H2,1-2H3. The summed E-state index contributed by atoms with van der Waals surface area (Å²) < 4.78 is 4.26. The van der Waals surface area contributed by atoms with Crippen LogP contribution in [0.25, 0.3) is 0 Å². The second kappa shape index (κ2) is 5.59. The van der Waals surface area contributed by atoms with E-state index in [0.717, 1.165) is 19.3 Å². The number of unbranched alkanes of at least 4 members (excludes halogenated alkanes) is 1. The van der Waals surface area contributed by atoms with E-state index in [-0.39, 0.29) is 11.9 Å². The molecule has 0 aliphatic rings. The summed E-state index contributed by atoms with van der Waals surface area (Å²) >= 11 is 3.43. The minimum atomic E-state index is -0.225. The van der Waals surface area contributed by atoms with E-state index in [4.69, 9.17) is 0 Å². The molecule has 1 atom stereocenters. The fourth-order valence-corrected chi connectivity index (χ4v) is 0.898. The van der Waals surface area contributed by atoms with E-state index in [2.05, 4.69) is 24.0 Å². The van der Waals surface area contributed by atoms with Crippen molar-refractivity contribution in [2.24, 2.45) is 5.92 Å². The van der Waals surface area contributed by atoms with Crippen LogP contribution >= 0.6 is 12.9 Å². The average molecular weight is 162 g/mol. The first-order valence-electron chi connectivity index (χ1n) is 3.57. The lowest BCUT2D eigenvalue weighted by Crippen LogP contribution is -2.10. The molecule has 1 unspecified atom stereocenters. The minimum Gasteiger partial charge on any atom is -0.394 e. The lowest BCUT2D eigenvalue weighted by Gasteiger charge is -2.05. The topological polar surface area (TPSA) is 26.3 Å². The van der Waals surface area contributed by atoms with Crippen molar-refractivity contribution in [2.45, 2.75) is 33.1 Å². The Bertz CT molecular complexity index is 104. The maximum Gasteiger partial charge on any atom is 0.320 e. The van der Waals surface area contributed by atoms with Crippen LogP contribution in [0.5, 0.6) is 0 Å². The second-order valence-corrected chi connectivity index (χ2v) is 2.64. The van der Waals surface area contributed by atoms with Gasteiger partial charge in [-0.3, -0.25) is 4.79 Å². The zero-order valence-corrected chi connectivity index (χ0v) is 7.36. The van der Waals surface area contributed by atoms with E-state index >= 15 is 0 Å². The molecule has 0 aliphatic carbocycles. The van der Waals surface area contributed by atoms with Crippen LogP contribution in [0.15, 0.2) is 0 Å². The molecular weight excluding hydrogens is 148 g/mol. The van der Waals surface area contributed by atoms with Crippen LogP contribution in [0, 0.1) is 5.92 Å². The summed E-state index contributed by atoms with van der Waals surface area (Å²) in [7, 11) is 0. The Labute approximate surface area is 67.6 Å². The molecule has 0 amide bonds. The van der Waals surface area contributed by atoms with Crippen molar-refractivity contribution in [1.82, 2.24) is 0 Å². The lowest BCUT2D eigenvalue weighted by atomic mass is 10.1. The molecule has 0 rings (SSSR count). The van der Waals surface area contributed by atoms with Gasteiger partial charge >= 0.3 is 5.97 Å². The number of hydrogen-bond acceptors (Lipinski definition) is 3. The smallest absolute Gasteiger partial charge is 0.320 e. The Balaban J connectivity index is 3.41. The molecular formula is C7H14O2S. The SMILES string of the molecule is CCCCC(C)C(=O)OS. The normalized spacial score (nSPS) is 12.7. The van der Waals surface area contributed by atoms with Crippen LogP contribution in [-0.2, 0) is 8.98 Å². The first-order chi connectivity index (χ1) is 4.72. The number of thiol groups is 1. The van der Waals surface area contributed by atoms with Gasteiger partial charge in [-0.2, -0.15) is 0 Å². The molecule has 0 aromatic rings. The molecule has 0 radical (unpaired) electrons. The van der Waals surface area contributed by atoms with Crippen LogP contribution in [0.3, 0.4) is 0 Å². The molecule has 60 valence electrons. The highest BCUT2D eigenvalue weighted by Gasteiger charge is 2.11. The monoisotopic (exact) mass is 162 g/mol. The third-order valence-corrected chi connectivity index (χ3v) is 1.66. The van der Waals surface area contributed by atoms with Gasteiger partial charge in [0.25, 0.3) is 0 Å². The summed E-state index contributed by atoms with van der Waals surface area (Å²) in [4.78, 5) is 10.7. The molecule has 0 aliphatic heterocycles. The number of hydrogen-bond donors (Lipinski definition) is 1. The van der Waals surface area contributed by atoms with E-state index in [1.54, 1.807) is 0 Å². The average Bonchev–Trinajstić information content (AvgIpc) is 1.98. The number of carbonyl (C=O) groups excluding carboxylic acids is 1. The Morgan fingerprint density at radius 3 is 2.70 bits per heavy atom. The van der Waals surface area contributed by atoms with Gasteiger partial charge < -0.3 is 4.18 Å². The molecule has 0 aromatic heterocycles. The number of rotatable bonds is 4.